The van der Waals surface area contributed by atoms with E-state index in [1.165, 1.54) is 26.2 Å². The Morgan fingerprint density at radius 2 is 1.59 bits per heavy atom. The summed E-state index contributed by atoms with van der Waals surface area (Å²) in [5.74, 6) is -2.76. The summed E-state index contributed by atoms with van der Waals surface area (Å²) in [7, 11) is 1.53. The molecule has 238 valence electrons. The SMILES string of the molecule is COc1ccc(C[C@H](NC(=O)[C@H](C)NC(=O)CN2CCOCC2)C(=O)N[C@@H](Cc2ccc(O)c(F)c2)C(=O)[C@@]2(C)CO2)cc1. The number of benzene rings is 2. The smallest absolute Gasteiger partial charge is 0.243 e. The minimum Gasteiger partial charge on any atom is -0.505 e. The van der Waals surface area contributed by atoms with Crippen LogP contribution >= 0.6 is 0 Å². The number of halogens is 1. The zero-order valence-corrected chi connectivity index (χ0v) is 25.1. The number of carbonyl (C=O) groups excluding carboxylic acids is 4. The summed E-state index contributed by atoms with van der Waals surface area (Å²) in [5.41, 5.74) is -0.0201. The van der Waals surface area contributed by atoms with Crippen LogP contribution in [0.5, 0.6) is 11.5 Å². The van der Waals surface area contributed by atoms with Crippen LogP contribution in [0.25, 0.3) is 0 Å². The van der Waals surface area contributed by atoms with Gasteiger partial charge in [-0.15, -0.1) is 0 Å². The Morgan fingerprint density at radius 1 is 0.977 bits per heavy atom. The second-order valence-electron chi connectivity index (χ2n) is 11.2. The van der Waals surface area contributed by atoms with E-state index in [-0.39, 0.29) is 31.9 Å². The predicted molar refractivity (Wildman–Crippen MR) is 157 cm³/mol. The fourth-order valence-electron chi connectivity index (χ4n) is 4.83. The number of hydrogen-bond acceptors (Lipinski definition) is 9. The summed E-state index contributed by atoms with van der Waals surface area (Å²) in [5, 5.41) is 17.7. The first-order valence-electron chi connectivity index (χ1n) is 14.5. The van der Waals surface area contributed by atoms with Crippen LogP contribution in [-0.2, 0) is 41.5 Å². The second-order valence-corrected chi connectivity index (χ2v) is 11.2. The Morgan fingerprint density at radius 3 is 2.20 bits per heavy atom. The van der Waals surface area contributed by atoms with Crippen LogP contribution < -0.4 is 20.7 Å². The molecule has 0 saturated carbocycles. The van der Waals surface area contributed by atoms with Gasteiger partial charge in [-0.25, -0.2) is 4.39 Å². The molecular weight excluding hydrogens is 575 g/mol. The molecule has 2 aromatic rings. The highest BCUT2D eigenvalue weighted by atomic mass is 19.1. The maximum Gasteiger partial charge on any atom is 0.243 e. The number of amides is 3. The van der Waals surface area contributed by atoms with Crippen LogP contribution in [0.15, 0.2) is 42.5 Å². The monoisotopic (exact) mass is 614 g/mol. The van der Waals surface area contributed by atoms with Crippen molar-refractivity contribution in [2.45, 2.75) is 50.4 Å². The Kier molecular flexibility index (Phi) is 10.9. The number of Topliss-reactive ketones (excluding diaryl/α,β-unsaturated/α-hetero) is 1. The van der Waals surface area contributed by atoms with Crippen LogP contribution in [0, 0.1) is 5.82 Å². The number of rotatable bonds is 14. The molecule has 0 spiro atoms. The standard InChI is InChI=1S/C31H39FN4O8/c1-19(33-27(38)17-36-10-12-43-13-11-36)29(40)35-25(15-20-4-7-22(42-3)8-5-20)30(41)34-24(28(39)31(2)18-44-31)16-21-6-9-26(37)23(32)14-21/h4-9,14,19,24-25,37H,10-13,15-18H2,1-3H3,(H,33,38)(H,34,41)(H,35,40)/t19-,24-,25-,31+/m0/s1. The van der Waals surface area contributed by atoms with Crippen molar-refractivity contribution in [3.05, 3.63) is 59.4 Å². The maximum absolute atomic E-state index is 14.1. The van der Waals surface area contributed by atoms with Gasteiger partial charge in [0, 0.05) is 19.5 Å². The molecule has 2 aromatic carbocycles. The van der Waals surface area contributed by atoms with Gasteiger partial charge in [0.2, 0.25) is 17.7 Å². The Balaban J connectivity index is 1.49. The summed E-state index contributed by atoms with van der Waals surface area (Å²) < 4.78 is 29.9. The molecule has 3 amide bonds. The molecule has 4 atom stereocenters. The molecular formula is C31H39FN4O8. The Labute approximate surface area is 255 Å². The molecule has 44 heavy (non-hydrogen) atoms. The lowest BCUT2D eigenvalue weighted by Gasteiger charge is -2.27. The molecule has 12 nitrogen and oxygen atoms in total. The lowest BCUT2D eigenvalue weighted by atomic mass is 9.94. The molecule has 0 bridgehead atoms. The Hall–Kier alpha value is -4.07. The molecule has 0 radical (unpaired) electrons. The number of phenols is 1. The van der Waals surface area contributed by atoms with E-state index in [1.807, 2.05) is 4.90 Å². The number of carbonyl (C=O) groups is 4. The first-order valence-corrected chi connectivity index (χ1v) is 14.5. The highest BCUT2D eigenvalue weighted by Crippen LogP contribution is 2.29. The van der Waals surface area contributed by atoms with E-state index in [2.05, 4.69) is 16.0 Å². The number of epoxide rings is 1. The fourth-order valence-corrected chi connectivity index (χ4v) is 4.83. The normalized spacial score (nSPS) is 20.1. The number of morpholine rings is 1. The summed E-state index contributed by atoms with van der Waals surface area (Å²) in [4.78, 5) is 54.8. The maximum atomic E-state index is 14.1. The predicted octanol–water partition coefficient (Wildman–Crippen LogP) is 0.490. The third-order valence-corrected chi connectivity index (χ3v) is 7.66. The van der Waals surface area contributed by atoms with Gasteiger partial charge in [-0.1, -0.05) is 18.2 Å². The average molecular weight is 615 g/mol. The van der Waals surface area contributed by atoms with Crippen LogP contribution in [0.2, 0.25) is 0 Å². The molecule has 2 saturated heterocycles. The highest BCUT2D eigenvalue weighted by Gasteiger charge is 2.50. The van der Waals surface area contributed by atoms with E-state index in [1.54, 1.807) is 31.2 Å². The molecule has 2 aliphatic heterocycles. The van der Waals surface area contributed by atoms with Crippen molar-refractivity contribution < 1.29 is 42.9 Å². The number of ether oxygens (including phenoxy) is 3. The molecule has 0 unspecified atom stereocenters. The first kappa shape index (κ1) is 32.8. The van der Waals surface area contributed by atoms with Crippen molar-refractivity contribution in [3.8, 4) is 11.5 Å². The minimum atomic E-state index is -1.13. The lowest BCUT2D eigenvalue weighted by Crippen LogP contribution is -2.57. The first-order chi connectivity index (χ1) is 21.0. The van der Waals surface area contributed by atoms with Gasteiger partial charge in [-0.3, -0.25) is 24.1 Å². The molecule has 0 aromatic heterocycles. The number of hydrogen-bond donors (Lipinski definition) is 4. The fraction of sp³-hybridized carbons (Fsp3) is 0.484. The van der Waals surface area contributed by atoms with E-state index in [9.17, 15) is 28.7 Å². The average Bonchev–Trinajstić information content (AvgIpc) is 3.76. The van der Waals surface area contributed by atoms with Gasteiger partial charge >= 0.3 is 0 Å². The van der Waals surface area contributed by atoms with E-state index in [4.69, 9.17) is 14.2 Å². The second kappa shape index (κ2) is 14.6. The molecule has 0 aliphatic carbocycles. The van der Waals surface area contributed by atoms with Crippen molar-refractivity contribution >= 4 is 23.5 Å². The molecule has 2 fully saturated rings. The van der Waals surface area contributed by atoms with Crippen LogP contribution in [0.3, 0.4) is 0 Å². The van der Waals surface area contributed by atoms with Crippen LogP contribution in [0.1, 0.15) is 25.0 Å². The van der Waals surface area contributed by atoms with Crippen LogP contribution in [-0.4, -0.2) is 104 Å². The topological polar surface area (TPSA) is 159 Å². The van der Waals surface area contributed by atoms with Gasteiger partial charge < -0.3 is 35.3 Å². The zero-order valence-electron chi connectivity index (χ0n) is 25.1. The lowest BCUT2D eigenvalue weighted by molar-refractivity contribution is -0.134. The van der Waals surface area contributed by atoms with Crippen molar-refractivity contribution in [1.29, 1.82) is 0 Å². The van der Waals surface area contributed by atoms with E-state index in [0.29, 0.717) is 43.2 Å². The van der Waals surface area contributed by atoms with Crippen LogP contribution in [0.4, 0.5) is 4.39 Å². The highest BCUT2D eigenvalue weighted by molar-refractivity contribution is 5.98. The third-order valence-electron chi connectivity index (χ3n) is 7.66. The van der Waals surface area contributed by atoms with Gasteiger partial charge in [0.1, 0.15) is 23.4 Å². The quantitative estimate of drug-likeness (QED) is 0.222. The summed E-state index contributed by atoms with van der Waals surface area (Å²) >= 11 is 0. The summed E-state index contributed by atoms with van der Waals surface area (Å²) in [6, 6.07) is 7.47. The van der Waals surface area contributed by atoms with E-state index >= 15 is 0 Å². The van der Waals surface area contributed by atoms with E-state index < -0.39 is 52.9 Å². The molecule has 2 aliphatic rings. The van der Waals surface area contributed by atoms with Crippen molar-refractivity contribution in [2.75, 3.05) is 46.6 Å². The number of ketones is 1. The minimum absolute atomic E-state index is 0.0680. The van der Waals surface area contributed by atoms with Crippen molar-refractivity contribution in [3.63, 3.8) is 0 Å². The number of methoxy groups -OCH3 is 1. The Bertz CT molecular complexity index is 1340. The number of phenolic OH excluding ortho intramolecular Hbond substituents is 1. The van der Waals surface area contributed by atoms with Gasteiger partial charge in [0.15, 0.2) is 17.3 Å². The number of nitrogens with one attached hydrogen (secondary N) is 3. The van der Waals surface area contributed by atoms with Gasteiger partial charge in [0.25, 0.3) is 0 Å². The van der Waals surface area contributed by atoms with Gasteiger partial charge in [-0.2, -0.15) is 0 Å². The van der Waals surface area contributed by atoms with Gasteiger partial charge in [-0.05, 0) is 55.7 Å². The van der Waals surface area contributed by atoms with Crippen molar-refractivity contribution in [2.24, 2.45) is 0 Å². The third kappa shape index (κ3) is 8.97. The van der Waals surface area contributed by atoms with Gasteiger partial charge in [0.05, 0.1) is 39.5 Å². The summed E-state index contributed by atoms with van der Waals surface area (Å²) in [6.07, 6.45) is -0.00352. The number of aromatic hydroxyl groups is 1. The summed E-state index contributed by atoms with van der Waals surface area (Å²) in [6.45, 7) is 5.69. The molecule has 4 rings (SSSR count). The molecule has 2 heterocycles. The largest absolute Gasteiger partial charge is 0.505 e. The number of nitrogens with zero attached hydrogens (tertiary/aromatic N) is 1. The zero-order chi connectivity index (χ0) is 31.9. The molecule has 13 heteroatoms. The molecule has 4 N–H and O–H groups in total. The van der Waals surface area contributed by atoms with E-state index in [0.717, 1.165) is 6.07 Å². The van der Waals surface area contributed by atoms with Crippen molar-refractivity contribution in [1.82, 2.24) is 20.9 Å².